The number of aliphatic hydroxyl groups excluding tert-OH is 1. The van der Waals surface area contributed by atoms with Crippen LogP contribution < -0.4 is 0 Å². The van der Waals surface area contributed by atoms with Crippen LogP contribution in [0.15, 0.2) is 43.0 Å². The molecule has 6 nitrogen and oxygen atoms in total. The van der Waals surface area contributed by atoms with Gasteiger partial charge in [-0.15, -0.1) is 0 Å². The third-order valence-electron chi connectivity index (χ3n) is 4.86. The maximum atomic E-state index is 12.9. The van der Waals surface area contributed by atoms with Gasteiger partial charge in [0.05, 0.1) is 6.10 Å². The summed E-state index contributed by atoms with van der Waals surface area (Å²) in [7, 11) is 0. The predicted octanol–water partition coefficient (Wildman–Crippen LogP) is 1.47. The lowest BCUT2D eigenvalue weighted by atomic mass is 9.87. The normalized spacial score (nSPS) is 21.7. The molecule has 24 heavy (non-hydrogen) atoms. The van der Waals surface area contributed by atoms with E-state index in [0.29, 0.717) is 13.1 Å². The van der Waals surface area contributed by atoms with Gasteiger partial charge >= 0.3 is 0 Å². The molecule has 1 aromatic carbocycles. The van der Waals surface area contributed by atoms with Crippen molar-refractivity contribution in [2.75, 3.05) is 13.1 Å². The van der Waals surface area contributed by atoms with E-state index in [1.807, 2.05) is 32.0 Å². The number of nitrogens with zero attached hydrogens (tertiary/aromatic N) is 4. The van der Waals surface area contributed by atoms with E-state index in [9.17, 15) is 9.90 Å². The minimum Gasteiger partial charge on any atom is -0.391 e. The molecule has 2 heterocycles. The molecule has 0 saturated carbocycles. The zero-order valence-corrected chi connectivity index (χ0v) is 14.2. The zero-order chi connectivity index (χ0) is 17.2. The molecule has 0 radical (unpaired) electrons. The quantitative estimate of drug-likeness (QED) is 0.922. The first kappa shape index (κ1) is 16.6. The SMILES string of the molecule is CC(C)(C(=O)N1CC[C@H](Cc2ccccc2)[C@H](O)C1)n1cncn1. The second-order valence-electron chi connectivity index (χ2n) is 6.96. The lowest BCUT2D eigenvalue weighted by Crippen LogP contribution is -2.54. The molecular weight excluding hydrogens is 304 g/mol. The van der Waals surface area contributed by atoms with Gasteiger partial charge in [0.2, 0.25) is 5.91 Å². The van der Waals surface area contributed by atoms with Gasteiger partial charge in [-0.25, -0.2) is 9.67 Å². The highest BCUT2D eigenvalue weighted by Gasteiger charge is 2.38. The molecule has 1 aromatic heterocycles. The summed E-state index contributed by atoms with van der Waals surface area (Å²) in [6, 6.07) is 10.2. The van der Waals surface area contributed by atoms with Crippen molar-refractivity contribution in [2.24, 2.45) is 5.92 Å². The molecule has 2 atom stereocenters. The molecule has 1 fully saturated rings. The molecule has 0 bridgehead atoms. The van der Waals surface area contributed by atoms with Gasteiger partial charge in [0, 0.05) is 13.1 Å². The van der Waals surface area contributed by atoms with Crippen molar-refractivity contribution in [1.29, 1.82) is 0 Å². The Labute approximate surface area is 142 Å². The highest BCUT2D eigenvalue weighted by Crippen LogP contribution is 2.25. The van der Waals surface area contributed by atoms with Crippen molar-refractivity contribution in [3.05, 3.63) is 48.5 Å². The van der Waals surface area contributed by atoms with E-state index in [1.54, 1.807) is 15.9 Å². The van der Waals surface area contributed by atoms with E-state index in [0.717, 1.165) is 12.8 Å². The second kappa shape index (κ2) is 6.73. The van der Waals surface area contributed by atoms with Crippen LogP contribution in [-0.4, -0.2) is 49.9 Å². The van der Waals surface area contributed by atoms with E-state index >= 15 is 0 Å². The van der Waals surface area contributed by atoms with Gasteiger partial charge in [-0.05, 0) is 38.2 Å². The number of benzene rings is 1. The number of β-amino-alcohol motifs (C(OH)–C–C–N with tert-alkyl or cyclic N) is 1. The molecule has 3 rings (SSSR count). The van der Waals surface area contributed by atoms with E-state index in [-0.39, 0.29) is 11.8 Å². The van der Waals surface area contributed by atoms with Gasteiger partial charge < -0.3 is 10.0 Å². The van der Waals surface area contributed by atoms with Crippen LogP contribution >= 0.6 is 0 Å². The maximum Gasteiger partial charge on any atom is 0.250 e. The van der Waals surface area contributed by atoms with Crippen LogP contribution in [0.2, 0.25) is 0 Å². The average molecular weight is 328 g/mol. The highest BCUT2D eigenvalue weighted by atomic mass is 16.3. The van der Waals surface area contributed by atoms with Crippen LogP contribution in [0.4, 0.5) is 0 Å². The fourth-order valence-electron chi connectivity index (χ4n) is 3.30. The van der Waals surface area contributed by atoms with Crippen molar-refractivity contribution in [2.45, 2.75) is 38.3 Å². The largest absolute Gasteiger partial charge is 0.391 e. The minimum absolute atomic E-state index is 0.0368. The number of carbonyl (C=O) groups excluding carboxylic acids is 1. The molecule has 2 aromatic rings. The number of aromatic nitrogens is 3. The predicted molar refractivity (Wildman–Crippen MR) is 90.2 cm³/mol. The first-order valence-corrected chi connectivity index (χ1v) is 8.35. The van der Waals surface area contributed by atoms with Crippen molar-refractivity contribution in [1.82, 2.24) is 19.7 Å². The number of aliphatic hydroxyl groups is 1. The van der Waals surface area contributed by atoms with Gasteiger partial charge in [-0.3, -0.25) is 4.79 Å². The van der Waals surface area contributed by atoms with E-state index in [4.69, 9.17) is 0 Å². The number of carbonyl (C=O) groups is 1. The monoisotopic (exact) mass is 328 g/mol. The standard InChI is InChI=1S/C18H24N4O2/c1-18(2,22-13-19-12-20-22)17(24)21-9-8-15(16(23)11-21)10-14-6-4-3-5-7-14/h3-7,12-13,15-16,23H,8-11H2,1-2H3/t15-,16-/m1/s1. The zero-order valence-electron chi connectivity index (χ0n) is 14.2. The lowest BCUT2D eigenvalue weighted by molar-refractivity contribution is -0.144. The second-order valence-corrected chi connectivity index (χ2v) is 6.96. The highest BCUT2D eigenvalue weighted by molar-refractivity contribution is 5.83. The van der Waals surface area contributed by atoms with Crippen LogP contribution in [0.1, 0.15) is 25.8 Å². The number of rotatable bonds is 4. The van der Waals surface area contributed by atoms with Crippen molar-refractivity contribution in [3.8, 4) is 0 Å². The van der Waals surface area contributed by atoms with Crippen LogP contribution in [0.3, 0.4) is 0 Å². The Hall–Kier alpha value is -2.21. The fourth-order valence-corrected chi connectivity index (χ4v) is 3.30. The lowest BCUT2D eigenvalue weighted by Gasteiger charge is -2.39. The first-order chi connectivity index (χ1) is 11.5. The van der Waals surface area contributed by atoms with Crippen LogP contribution in [0, 0.1) is 5.92 Å². The van der Waals surface area contributed by atoms with Crippen LogP contribution in [-0.2, 0) is 16.8 Å². The molecule has 6 heteroatoms. The fraction of sp³-hybridized carbons (Fsp3) is 0.500. The molecule has 1 amide bonds. The van der Waals surface area contributed by atoms with Crippen LogP contribution in [0.5, 0.6) is 0 Å². The summed E-state index contributed by atoms with van der Waals surface area (Å²) in [5.74, 6) is 0.149. The number of hydrogen-bond donors (Lipinski definition) is 1. The Kier molecular flexibility index (Phi) is 4.66. The van der Waals surface area contributed by atoms with Crippen molar-refractivity contribution >= 4 is 5.91 Å². The molecule has 1 aliphatic rings. The molecular formula is C18H24N4O2. The topological polar surface area (TPSA) is 71.2 Å². The van der Waals surface area contributed by atoms with E-state index < -0.39 is 11.6 Å². The molecule has 1 N–H and O–H groups in total. The van der Waals surface area contributed by atoms with Gasteiger partial charge in [-0.1, -0.05) is 30.3 Å². The Morgan fingerprint density at radius 1 is 1.33 bits per heavy atom. The molecule has 1 aliphatic heterocycles. The summed E-state index contributed by atoms with van der Waals surface area (Å²) in [6.07, 6.45) is 4.12. The summed E-state index contributed by atoms with van der Waals surface area (Å²) in [6.45, 7) is 4.68. The Morgan fingerprint density at radius 2 is 2.08 bits per heavy atom. The van der Waals surface area contributed by atoms with Gasteiger partial charge in [0.15, 0.2) is 0 Å². The van der Waals surface area contributed by atoms with Crippen molar-refractivity contribution < 1.29 is 9.90 Å². The third-order valence-corrected chi connectivity index (χ3v) is 4.86. The summed E-state index contributed by atoms with van der Waals surface area (Å²) in [5, 5.41) is 14.6. The Morgan fingerprint density at radius 3 is 2.71 bits per heavy atom. The average Bonchev–Trinajstić information content (AvgIpc) is 3.12. The third kappa shape index (κ3) is 3.33. The van der Waals surface area contributed by atoms with Crippen molar-refractivity contribution in [3.63, 3.8) is 0 Å². The van der Waals surface area contributed by atoms with Crippen LogP contribution in [0.25, 0.3) is 0 Å². The molecule has 0 spiro atoms. The van der Waals surface area contributed by atoms with Gasteiger partial charge in [0.1, 0.15) is 18.2 Å². The Balaban J connectivity index is 1.64. The number of hydrogen-bond acceptors (Lipinski definition) is 4. The van der Waals surface area contributed by atoms with E-state index in [1.165, 1.54) is 11.9 Å². The minimum atomic E-state index is -0.803. The smallest absolute Gasteiger partial charge is 0.250 e. The summed E-state index contributed by atoms with van der Waals surface area (Å²) in [4.78, 5) is 18.5. The summed E-state index contributed by atoms with van der Waals surface area (Å²) in [5.41, 5.74) is 0.423. The number of amides is 1. The summed E-state index contributed by atoms with van der Waals surface area (Å²) < 4.78 is 1.57. The van der Waals surface area contributed by atoms with Gasteiger partial charge in [-0.2, -0.15) is 5.10 Å². The Bertz CT molecular complexity index is 670. The maximum absolute atomic E-state index is 12.9. The number of likely N-dealkylation sites (tertiary alicyclic amines) is 1. The molecule has 1 saturated heterocycles. The summed E-state index contributed by atoms with van der Waals surface area (Å²) >= 11 is 0. The number of piperidine rings is 1. The van der Waals surface area contributed by atoms with E-state index in [2.05, 4.69) is 22.2 Å². The molecule has 0 aliphatic carbocycles. The molecule has 0 unspecified atom stereocenters. The first-order valence-electron chi connectivity index (χ1n) is 8.35. The molecule has 128 valence electrons. The van der Waals surface area contributed by atoms with Gasteiger partial charge in [0.25, 0.3) is 0 Å².